The van der Waals surface area contributed by atoms with Gasteiger partial charge in [-0.05, 0) is 56.4 Å². The van der Waals surface area contributed by atoms with Crippen molar-refractivity contribution in [1.29, 1.82) is 0 Å². The second kappa shape index (κ2) is 20.4. The van der Waals surface area contributed by atoms with E-state index in [9.17, 15) is 24.6 Å². The van der Waals surface area contributed by atoms with Crippen LogP contribution in [0, 0.1) is 11.8 Å². The lowest BCUT2D eigenvalue weighted by molar-refractivity contribution is -0.140. The van der Waals surface area contributed by atoms with Crippen LogP contribution < -0.4 is 5.32 Å². The number of aliphatic carboxylic acids is 1. The number of carboxylic acids is 1. The fraction of sp³-hybridized carbons (Fsp3) is 0.528. The number of unbranched alkanes of at least 4 members (excludes halogenated alkanes) is 4. The van der Waals surface area contributed by atoms with Gasteiger partial charge in [-0.15, -0.1) is 0 Å². The average Bonchev–Trinajstić information content (AvgIpc) is 3.27. The van der Waals surface area contributed by atoms with Crippen molar-refractivity contribution < 1.29 is 34.4 Å². The second-order valence-corrected chi connectivity index (χ2v) is 12.9. The van der Waals surface area contributed by atoms with E-state index in [0.717, 1.165) is 51.4 Å². The van der Waals surface area contributed by atoms with Gasteiger partial charge in [-0.25, -0.2) is 0 Å². The first-order chi connectivity index (χ1) is 21.9. The summed E-state index contributed by atoms with van der Waals surface area (Å²) in [7, 11) is 1.40. The maximum atomic E-state index is 12.2. The Kier molecular flexibility index (Phi) is 17.4. The Bertz CT molecular complexity index is 1280. The van der Waals surface area contributed by atoms with Gasteiger partial charge in [0, 0.05) is 30.4 Å². The van der Waals surface area contributed by atoms with Gasteiger partial charge in [-0.1, -0.05) is 98.6 Å². The Labute approximate surface area is 283 Å². The number of nitrogens with one attached hydrogen (secondary N) is 1. The highest BCUT2D eigenvalue weighted by Crippen LogP contribution is 2.35. The van der Waals surface area contributed by atoms with Crippen LogP contribution in [0.25, 0.3) is 0 Å². The van der Waals surface area contributed by atoms with E-state index in [0.29, 0.717) is 39.8 Å². The summed E-state index contributed by atoms with van der Waals surface area (Å²) in [6.07, 6.45) is 11.6. The van der Waals surface area contributed by atoms with Gasteiger partial charge >= 0.3 is 11.9 Å². The number of methoxy groups -OCH3 is 1. The third kappa shape index (κ3) is 13.8. The molecule has 0 saturated heterocycles. The number of anilines is 2. The number of benzene rings is 2. The highest BCUT2D eigenvalue weighted by atomic mass is 35.5. The predicted molar refractivity (Wildman–Crippen MR) is 184 cm³/mol. The van der Waals surface area contributed by atoms with Crippen LogP contribution in [0.2, 0.25) is 10.0 Å². The van der Waals surface area contributed by atoms with Crippen molar-refractivity contribution in [3.63, 3.8) is 0 Å². The number of Topliss-reactive ketones (excluding diaryl/α,β-unsaturated/α-hetero) is 1. The van der Waals surface area contributed by atoms with Crippen LogP contribution in [-0.2, 0) is 25.5 Å². The van der Waals surface area contributed by atoms with Crippen molar-refractivity contribution in [2.45, 2.75) is 103 Å². The average molecular weight is 679 g/mol. The quantitative estimate of drug-likeness (QED) is 0.0746. The van der Waals surface area contributed by atoms with Crippen molar-refractivity contribution in [3.8, 4) is 0 Å². The SMILES string of the molecule is CCCC[C@@](C)(O)C/C=C/[C@H]1[C@H](O)CC(=O)[C@@H]1CCCCCCC(=O)OC.O=C(O)Cc1ccccc1Nc1c(Cl)cccc1Cl. The number of aliphatic hydroxyl groups excluding tert-OH is 1. The van der Waals surface area contributed by atoms with Crippen LogP contribution in [0.1, 0.15) is 90.0 Å². The number of ether oxygens (including phenoxy) is 1. The molecule has 0 heterocycles. The molecule has 10 heteroatoms. The van der Waals surface area contributed by atoms with Crippen molar-refractivity contribution in [1.82, 2.24) is 0 Å². The zero-order valence-electron chi connectivity index (χ0n) is 27.1. The maximum Gasteiger partial charge on any atom is 0.307 e. The molecule has 8 nitrogen and oxygen atoms in total. The molecule has 1 aliphatic carbocycles. The number of ketones is 1. The predicted octanol–water partition coefficient (Wildman–Crippen LogP) is 8.32. The molecular formula is C36H49Cl2NO7. The van der Waals surface area contributed by atoms with Crippen LogP contribution in [0.5, 0.6) is 0 Å². The molecule has 0 aliphatic heterocycles. The van der Waals surface area contributed by atoms with Crippen LogP contribution in [0.3, 0.4) is 0 Å². The fourth-order valence-corrected chi connectivity index (χ4v) is 6.02. The van der Waals surface area contributed by atoms with E-state index in [4.69, 9.17) is 28.3 Å². The molecular weight excluding hydrogens is 629 g/mol. The van der Waals surface area contributed by atoms with Gasteiger partial charge in [0.1, 0.15) is 5.78 Å². The Hall–Kier alpha value is -2.91. The summed E-state index contributed by atoms with van der Waals surface area (Å²) in [6.45, 7) is 3.95. The van der Waals surface area contributed by atoms with Gasteiger partial charge in [-0.2, -0.15) is 0 Å². The van der Waals surface area contributed by atoms with Crippen molar-refractivity contribution in [3.05, 3.63) is 70.2 Å². The normalized spacial score (nSPS) is 18.9. The number of carbonyl (C=O) groups is 3. The van der Waals surface area contributed by atoms with E-state index in [2.05, 4.69) is 17.0 Å². The second-order valence-electron chi connectivity index (χ2n) is 12.1. The Morgan fingerprint density at radius 2 is 1.72 bits per heavy atom. The number of halogens is 2. The van der Waals surface area contributed by atoms with Gasteiger partial charge in [0.15, 0.2) is 0 Å². The Morgan fingerprint density at radius 3 is 2.37 bits per heavy atom. The van der Waals surface area contributed by atoms with E-state index in [1.807, 2.05) is 25.1 Å². The van der Waals surface area contributed by atoms with Crippen LogP contribution in [0.4, 0.5) is 11.4 Å². The molecule has 1 aliphatic rings. The van der Waals surface area contributed by atoms with E-state index in [-0.39, 0.29) is 36.4 Å². The minimum atomic E-state index is -0.889. The summed E-state index contributed by atoms with van der Waals surface area (Å²) in [5.74, 6) is -1.19. The fourth-order valence-electron chi connectivity index (χ4n) is 5.53. The highest BCUT2D eigenvalue weighted by molar-refractivity contribution is 6.39. The number of hydrogen-bond acceptors (Lipinski definition) is 7. The van der Waals surface area contributed by atoms with Crippen LogP contribution in [-0.4, -0.2) is 51.9 Å². The van der Waals surface area contributed by atoms with Gasteiger partial charge in [-0.3, -0.25) is 14.4 Å². The van der Waals surface area contributed by atoms with Crippen LogP contribution >= 0.6 is 23.2 Å². The van der Waals surface area contributed by atoms with Gasteiger partial charge in [0.25, 0.3) is 0 Å². The lowest BCUT2D eigenvalue weighted by Crippen LogP contribution is -2.23. The van der Waals surface area contributed by atoms with E-state index in [1.54, 1.807) is 36.4 Å². The van der Waals surface area contributed by atoms with Gasteiger partial charge in [0.05, 0.1) is 41.0 Å². The Morgan fingerprint density at radius 1 is 1.04 bits per heavy atom. The minimum absolute atomic E-state index is 0.0642. The molecule has 0 radical (unpaired) electrons. The summed E-state index contributed by atoms with van der Waals surface area (Å²) < 4.78 is 4.62. The van der Waals surface area contributed by atoms with Crippen molar-refractivity contribution in [2.75, 3.05) is 12.4 Å². The smallest absolute Gasteiger partial charge is 0.307 e. The number of para-hydroxylation sites is 2. The van der Waals surface area contributed by atoms with E-state index < -0.39 is 17.7 Å². The highest BCUT2D eigenvalue weighted by Gasteiger charge is 2.39. The molecule has 0 spiro atoms. The third-order valence-electron chi connectivity index (χ3n) is 8.17. The molecule has 4 atom stereocenters. The summed E-state index contributed by atoms with van der Waals surface area (Å²) in [4.78, 5) is 34.2. The third-order valence-corrected chi connectivity index (χ3v) is 8.80. The number of esters is 1. The molecule has 0 aromatic heterocycles. The zero-order valence-corrected chi connectivity index (χ0v) is 28.7. The molecule has 1 saturated carbocycles. The number of carbonyl (C=O) groups excluding carboxylic acids is 2. The summed E-state index contributed by atoms with van der Waals surface area (Å²) >= 11 is 12.1. The van der Waals surface area contributed by atoms with Crippen LogP contribution in [0.15, 0.2) is 54.6 Å². The van der Waals surface area contributed by atoms with Gasteiger partial charge < -0.3 is 25.4 Å². The van der Waals surface area contributed by atoms with E-state index in [1.165, 1.54) is 7.11 Å². The van der Waals surface area contributed by atoms with Gasteiger partial charge in [0.2, 0.25) is 0 Å². The van der Waals surface area contributed by atoms with Crippen molar-refractivity contribution >= 4 is 52.3 Å². The summed E-state index contributed by atoms with van der Waals surface area (Å²) in [5, 5.41) is 33.6. The molecule has 46 heavy (non-hydrogen) atoms. The first-order valence-electron chi connectivity index (χ1n) is 16.1. The molecule has 3 rings (SSSR count). The summed E-state index contributed by atoms with van der Waals surface area (Å²) in [5.41, 5.74) is 1.20. The maximum absolute atomic E-state index is 12.2. The zero-order chi connectivity index (χ0) is 34.1. The number of rotatable bonds is 17. The van der Waals surface area contributed by atoms with E-state index >= 15 is 0 Å². The first kappa shape index (κ1) is 39.3. The monoisotopic (exact) mass is 677 g/mol. The lowest BCUT2D eigenvalue weighted by atomic mass is 9.87. The molecule has 254 valence electrons. The molecule has 1 fully saturated rings. The number of hydrogen-bond donors (Lipinski definition) is 4. The topological polar surface area (TPSA) is 133 Å². The largest absolute Gasteiger partial charge is 0.481 e. The standard InChI is InChI=1S/C22H38O5.C14H11Cl2NO2/c1-4-5-14-22(2,26)15-10-12-18-17(19(23)16-20(18)24)11-8-6-7-9-13-21(25)27-3;15-10-5-3-6-11(16)14(10)17-12-7-2-1-4-9(12)8-13(18)19/h10,12,17-18,20,24,26H,4-9,11,13-16H2,1-3H3;1-7,17H,8H2,(H,18,19)/b12-10+;/t17-,18-,20-,22-;/m1./s1. The van der Waals surface area contributed by atoms with Crippen molar-refractivity contribution in [2.24, 2.45) is 11.8 Å². The summed E-state index contributed by atoms with van der Waals surface area (Å²) in [6, 6.07) is 12.3. The minimum Gasteiger partial charge on any atom is -0.481 e. The first-order valence-corrected chi connectivity index (χ1v) is 16.8. The molecule has 0 bridgehead atoms. The number of carboxylic acid groups (broad SMARTS) is 1. The molecule has 4 N–H and O–H groups in total. The molecule has 2 aromatic rings. The lowest BCUT2D eigenvalue weighted by Gasteiger charge is -2.22. The molecule has 2 aromatic carbocycles. The molecule has 0 unspecified atom stereocenters. The Balaban J connectivity index is 0.000000339. The molecule has 0 amide bonds. The number of aliphatic hydroxyl groups is 2.